The largest absolute Gasteiger partial charge is 0.324 e. The molecule has 0 saturated heterocycles. The molecule has 0 aromatic heterocycles. The van der Waals surface area contributed by atoms with Gasteiger partial charge in [-0.05, 0) is 31.2 Å². The number of quaternary nitrogens is 1. The molecule has 0 radical (unpaired) electrons. The summed E-state index contributed by atoms with van der Waals surface area (Å²) in [6, 6.07) is 7.05. The first-order valence-electron chi connectivity index (χ1n) is 7.30. The predicted octanol–water partition coefficient (Wildman–Crippen LogP) is 2.28. The highest BCUT2D eigenvalue weighted by Gasteiger charge is 2.24. The maximum atomic E-state index is 13.6. The molecule has 2 aromatic carbocycles. The van der Waals surface area contributed by atoms with Crippen LogP contribution in [-0.2, 0) is 11.3 Å². The van der Waals surface area contributed by atoms with Crippen LogP contribution in [-0.4, -0.2) is 19.0 Å². The van der Waals surface area contributed by atoms with E-state index >= 15 is 0 Å². The van der Waals surface area contributed by atoms with Crippen molar-refractivity contribution in [2.45, 2.75) is 19.5 Å². The normalized spacial score (nSPS) is 13.4. The molecule has 0 heterocycles. The van der Waals surface area contributed by atoms with Crippen molar-refractivity contribution >= 4 is 11.6 Å². The number of hydrogen-bond donors (Lipinski definition) is 2. The van der Waals surface area contributed by atoms with E-state index in [-0.39, 0.29) is 5.82 Å². The van der Waals surface area contributed by atoms with Gasteiger partial charge in [0.1, 0.15) is 12.4 Å². The molecule has 0 aliphatic carbocycles. The maximum Gasteiger partial charge on any atom is 0.282 e. The standard InChI is InChI=1S/C17H16F4N2O/c1-10(23(2)9-11-4-3-5-12(18)8-11)17(24)22-14-7-6-13(19)15(20)16(14)21/h3-8,10H,9H2,1-2H3,(H,22,24)/p+1/t10-/m1/s1. The highest BCUT2D eigenvalue weighted by Crippen LogP contribution is 2.19. The van der Waals surface area contributed by atoms with E-state index in [0.717, 1.165) is 17.0 Å². The molecule has 128 valence electrons. The van der Waals surface area contributed by atoms with Gasteiger partial charge in [0.15, 0.2) is 23.5 Å². The molecule has 2 atom stereocenters. The van der Waals surface area contributed by atoms with E-state index in [2.05, 4.69) is 5.32 Å². The first-order valence-corrected chi connectivity index (χ1v) is 7.30. The summed E-state index contributed by atoms with van der Waals surface area (Å²) >= 11 is 0. The summed E-state index contributed by atoms with van der Waals surface area (Å²) in [5.41, 5.74) is 0.274. The number of anilines is 1. The zero-order valence-corrected chi connectivity index (χ0v) is 13.2. The van der Waals surface area contributed by atoms with Crippen molar-refractivity contribution in [3.63, 3.8) is 0 Å². The van der Waals surface area contributed by atoms with Gasteiger partial charge < -0.3 is 10.2 Å². The van der Waals surface area contributed by atoms with Gasteiger partial charge in [-0.2, -0.15) is 0 Å². The van der Waals surface area contributed by atoms with E-state index in [4.69, 9.17) is 0 Å². The van der Waals surface area contributed by atoms with Gasteiger partial charge in [0.05, 0.1) is 12.7 Å². The van der Waals surface area contributed by atoms with E-state index in [1.807, 2.05) is 0 Å². The van der Waals surface area contributed by atoms with Crippen molar-refractivity contribution in [3.8, 4) is 0 Å². The lowest BCUT2D eigenvalue weighted by molar-refractivity contribution is -0.907. The summed E-state index contributed by atoms with van der Waals surface area (Å²) in [5, 5.41) is 2.24. The number of carbonyl (C=O) groups is 1. The van der Waals surface area contributed by atoms with Crippen molar-refractivity contribution in [2.24, 2.45) is 0 Å². The molecule has 0 aliphatic heterocycles. The second-order valence-electron chi connectivity index (χ2n) is 5.59. The fourth-order valence-corrected chi connectivity index (χ4v) is 2.21. The summed E-state index contributed by atoms with van der Waals surface area (Å²) in [5.74, 6) is -5.35. The number of benzene rings is 2. The Kier molecular flexibility index (Phi) is 5.56. The highest BCUT2D eigenvalue weighted by molar-refractivity contribution is 5.93. The molecular weight excluding hydrogens is 324 g/mol. The van der Waals surface area contributed by atoms with Crippen molar-refractivity contribution < 1.29 is 27.3 Å². The van der Waals surface area contributed by atoms with Crippen LogP contribution in [0, 0.1) is 23.3 Å². The lowest BCUT2D eigenvalue weighted by Gasteiger charge is -2.21. The van der Waals surface area contributed by atoms with Crippen LogP contribution >= 0.6 is 0 Å². The van der Waals surface area contributed by atoms with E-state index in [9.17, 15) is 22.4 Å². The summed E-state index contributed by atoms with van der Waals surface area (Å²) in [4.78, 5) is 12.9. The lowest BCUT2D eigenvalue weighted by atomic mass is 10.1. The average Bonchev–Trinajstić information content (AvgIpc) is 2.54. The molecule has 2 rings (SSSR count). The number of likely N-dealkylation sites (N-methyl/N-ethyl adjacent to an activating group) is 1. The summed E-state index contributed by atoms with van der Waals surface area (Å²) in [6.45, 7) is 1.97. The van der Waals surface area contributed by atoms with Gasteiger partial charge in [-0.1, -0.05) is 12.1 Å². The molecule has 0 spiro atoms. The topological polar surface area (TPSA) is 33.5 Å². The number of hydrogen-bond acceptors (Lipinski definition) is 1. The minimum Gasteiger partial charge on any atom is -0.324 e. The third-order valence-corrected chi connectivity index (χ3v) is 3.80. The van der Waals surface area contributed by atoms with Crippen molar-refractivity contribution in [1.29, 1.82) is 0 Å². The minimum atomic E-state index is -1.64. The predicted molar refractivity (Wildman–Crippen MR) is 81.4 cm³/mol. The Hall–Kier alpha value is -2.41. The molecule has 1 amide bonds. The van der Waals surface area contributed by atoms with Crippen molar-refractivity contribution in [1.82, 2.24) is 0 Å². The van der Waals surface area contributed by atoms with Crippen LogP contribution in [0.25, 0.3) is 0 Å². The molecule has 2 N–H and O–H groups in total. The van der Waals surface area contributed by atoms with Crippen LogP contribution in [0.4, 0.5) is 23.2 Å². The van der Waals surface area contributed by atoms with E-state index in [0.29, 0.717) is 12.1 Å². The van der Waals surface area contributed by atoms with Crippen LogP contribution < -0.4 is 10.2 Å². The van der Waals surface area contributed by atoms with Gasteiger partial charge in [-0.15, -0.1) is 0 Å². The SMILES string of the molecule is C[C@H](C(=O)Nc1ccc(F)c(F)c1F)[NH+](C)Cc1cccc(F)c1. The summed E-state index contributed by atoms with van der Waals surface area (Å²) < 4.78 is 52.9. The molecule has 0 bridgehead atoms. The molecule has 0 fully saturated rings. The Morgan fingerprint density at radius 2 is 1.83 bits per heavy atom. The van der Waals surface area contributed by atoms with Gasteiger partial charge in [0.2, 0.25) is 0 Å². The fraction of sp³-hybridized carbons (Fsp3) is 0.235. The Balaban J connectivity index is 2.05. The van der Waals surface area contributed by atoms with Crippen LogP contribution in [0.3, 0.4) is 0 Å². The van der Waals surface area contributed by atoms with Crippen molar-refractivity contribution in [3.05, 3.63) is 65.2 Å². The number of nitrogens with one attached hydrogen (secondary N) is 2. The van der Waals surface area contributed by atoms with Gasteiger partial charge in [-0.3, -0.25) is 4.79 Å². The van der Waals surface area contributed by atoms with E-state index in [1.165, 1.54) is 12.1 Å². The fourth-order valence-electron chi connectivity index (χ4n) is 2.21. The van der Waals surface area contributed by atoms with Crippen molar-refractivity contribution in [2.75, 3.05) is 12.4 Å². The van der Waals surface area contributed by atoms with E-state index < -0.39 is 35.1 Å². The summed E-state index contributed by atoms with van der Waals surface area (Å²) in [7, 11) is 1.72. The second-order valence-corrected chi connectivity index (χ2v) is 5.59. The Morgan fingerprint density at radius 1 is 1.12 bits per heavy atom. The molecule has 24 heavy (non-hydrogen) atoms. The number of amides is 1. The second kappa shape index (κ2) is 7.44. The molecule has 2 aromatic rings. The van der Waals surface area contributed by atoms with Gasteiger partial charge in [0, 0.05) is 5.56 Å². The Morgan fingerprint density at radius 3 is 2.50 bits per heavy atom. The van der Waals surface area contributed by atoms with E-state index in [1.54, 1.807) is 26.1 Å². The number of carbonyl (C=O) groups excluding carboxylic acids is 1. The Bertz CT molecular complexity index is 751. The molecule has 0 aliphatic rings. The van der Waals surface area contributed by atoms with Gasteiger partial charge in [-0.25, -0.2) is 17.6 Å². The van der Waals surface area contributed by atoms with Gasteiger partial charge >= 0.3 is 0 Å². The maximum absolute atomic E-state index is 13.6. The molecular formula is C17H17F4N2O+. The molecule has 7 heteroatoms. The van der Waals surface area contributed by atoms with Crippen LogP contribution in [0.2, 0.25) is 0 Å². The molecule has 1 unspecified atom stereocenters. The average molecular weight is 341 g/mol. The third kappa shape index (κ3) is 4.11. The zero-order valence-electron chi connectivity index (χ0n) is 13.2. The monoisotopic (exact) mass is 341 g/mol. The summed E-state index contributed by atoms with van der Waals surface area (Å²) in [6.07, 6.45) is 0. The zero-order chi connectivity index (χ0) is 17.9. The molecule has 0 saturated carbocycles. The highest BCUT2D eigenvalue weighted by atomic mass is 19.2. The van der Waals surface area contributed by atoms with Crippen LogP contribution in [0.15, 0.2) is 36.4 Å². The van der Waals surface area contributed by atoms with Crippen LogP contribution in [0.1, 0.15) is 12.5 Å². The third-order valence-electron chi connectivity index (χ3n) is 3.80. The smallest absolute Gasteiger partial charge is 0.282 e. The first-order chi connectivity index (χ1) is 11.3. The quantitative estimate of drug-likeness (QED) is 0.635. The number of rotatable bonds is 5. The number of halogens is 4. The minimum absolute atomic E-state index is 0.368. The van der Waals surface area contributed by atoms with Crippen LogP contribution in [0.5, 0.6) is 0 Å². The lowest BCUT2D eigenvalue weighted by Crippen LogP contribution is -3.12. The van der Waals surface area contributed by atoms with Gasteiger partial charge in [0.25, 0.3) is 5.91 Å². The first kappa shape index (κ1) is 17.9. The Labute approximate surface area is 136 Å². The molecule has 3 nitrogen and oxygen atoms in total.